The van der Waals surface area contributed by atoms with Crippen LogP contribution in [0.2, 0.25) is 0 Å². The minimum Gasteiger partial charge on any atom is -0.394 e. The second-order valence-electron chi connectivity index (χ2n) is 16.3. The Morgan fingerprint density at radius 1 is 0.462 bits per heavy atom. The maximum Gasteiger partial charge on any atom is 0.220 e. The molecule has 0 aliphatic heterocycles. The fourth-order valence-electron chi connectivity index (χ4n) is 7.45. The molecule has 0 radical (unpaired) electrons. The fraction of sp³-hybridized carbons (Fsp3) is 0.936. The zero-order valence-electron chi connectivity index (χ0n) is 35.2. The molecular weight excluding hydrogens is 643 g/mol. The van der Waals surface area contributed by atoms with Gasteiger partial charge < -0.3 is 20.6 Å². The normalized spacial score (nSPS) is 13.6. The lowest BCUT2D eigenvalue weighted by atomic mass is 9.99. The van der Waals surface area contributed by atoms with Crippen LogP contribution in [0.15, 0.2) is 12.2 Å². The number of aliphatic hydroxyl groups is 3. The van der Waals surface area contributed by atoms with Crippen LogP contribution in [0.4, 0.5) is 0 Å². The lowest BCUT2D eigenvalue weighted by molar-refractivity contribution is -0.124. The van der Waals surface area contributed by atoms with Crippen LogP contribution in [0.3, 0.4) is 0 Å². The topological polar surface area (TPSA) is 89.8 Å². The third-order valence-corrected chi connectivity index (χ3v) is 11.1. The van der Waals surface area contributed by atoms with E-state index < -0.39 is 18.2 Å². The van der Waals surface area contributed by atoms with Crippen LogP contribution in [-0.4, -0.2) is 46.1 Å². The zero-order valence-corrected chi connectivity index (χ0v) is 35.2. The summed E-state index contributed by atoms with van der Waals surface area (Å²) < 4.78 is 0. The maximum absolute atomic E-state index is 12.4. The zero-order chi connectivity index (χ0) is 38.0. The summed E-state index contributed by atoms with van der Waals surface area (Å²) >= 11 is 0. The predicted molar refractivity (Wildman–Crippen MR) is 227 cm³/mol. The standard InChI is InChI=1S/C47H93NO4/c1-3-5-7-9-11-13-15-16-17-18-19-20-21-22-23-24-25-26-27-28-29-30-32-34-36-38-40-42-46(51)48-44(43-49)47(52)45(50)41-39-37-35-33-31-14-12-10-8-6-4-2/h22-23,44-45,47,49-50,52H,3-21,24-43H2,1-2H3,(H,48,51)/b23-22-. The Bertz CT molecular complexity index is 728. The molecule has 1 amide bonds. The fourth-order valence-corrected chi connectivity index (χ4v) is 7.45. The Balaban J connectivity index is 3.52. The van der Waals surface area contributed by atoms with Gasteiger partial charge in [-0.3, -0.25) is 4.79 Å². The summed E-state index contributed by atoms with van der Waals surface area (Å²) in [6, 6.07) is -0.805. The van der Waals surface area contributed by atoms with Gasteiger partial charge >= 0.3 is 0 Å². The van der Waals surface area contributed by atoms with Gasteiger partial charge in [0.15, 0.2) is 0 Å². The van der Waals surface area contributed by atoms with Crippen molar-refractivity contribution in [1.29, 1.82) is 0 Å². The number of unbranched alkanes of at least 4 members (excludes halogenated alkanes) is 33. The molecule has 5 nitrogen and oxygen atoms in total. The Kier molecular flexibility index (Phi) is 42.1. The van der Waals surface area contributed by atoms with Gasteiger partial charge in [-0.25, -0.2) is 0 Å². The molecule has 0 saturated carbocycles. The molecule has 3 unspecified atom stereocenters. The highest BCUT2D eigenvalue weighted by Crippen LogP contribution is 2.17. The van der Waals surface area contributed by atoms with Gasteiger partial charge in [0.05, 0.1) is 18.8 Å². The van der Waals surface area contributed by atoms with Gasteiger partial charge in [0.2, 0.25) is 5.91 Å². The molecule has 0 heterocycles. The van der Waals surface area contributed by atoms with E-state index in [2.05, 4.69) is 31.3 Å². The molecule has 0 aromatic rings. The second kappa shape index (κ2) is 42.8. The van der Waals surface area contributed by atoms with E-state index in [4.69, 9.17) is 0 Å². The number of carbonyl (C=O) groups is 1. The summed E-state index contributed by atoms with van der Waals surface area (Å²) in [5, 5.41) is 33.5. The van der Waals surface area contributed by atoms with Gasteiger partial charge in [0.1, 0.15) is 6.10 Å². The average Bonchev–Trinajstić information content (AvgIpc) is 3.15. The van der Waals surface area contributed by atoms with Crippen molar-refractivity contribution in [1.82, 2.24) is 5.32 Å². The molecule has 4 N–H and O–H groups in total. The molecule has 0 saturated heterocycles. The number of aliphatic hydroxyl groups excluding tert-OH is 3. The summed E-state index contributed by atoms with van der Waals surface area (Å²) in [6.45, 7) is 4.18. The van der Waals surface area contributed by atoms with Crippen molar-refractivity contribution in [2.45, 2.75) is 276 Å². The van der Waals surface area contributed by atoms with Gasteiger partial charge in [-0.2, -0.15) is 0 Å². The van der Waals surface area contributed by atoms with Crippen LogP contribution in [0.1, 0.15) is 258 Å². The number of nitrogens with one attached hydrogen (secondary N) is 1. The summed E-state index contributed by atoms with van der Waals surface area (Å²) in [6.07, 6.45) is 50.5. The highest BCUT2D eigenvalue weighted by atomic mass is 16.3. The number of carbonyl (C=O) groups excluding carboxylic acids is 1. The number of hydrogen-bond donors (Lipinski definition) is 4. The van der Waals surface area contributed by atoms with Gasteiger partial charge in [0.25, 0.3) is 0 Å². The third-order valence-electron chi connectivity index (χ3n) is 11.1. The Morgan fingerprint density at radius 2 is 0.769 bits per heavy atom. The first-order valence-electron chi connectivity index (χ1n) is 23.5. The lowest BCUT2D eigenvalue weighted by Gasteiger charge is -2.26. The van der Waals surface area contributed by atoms with Gasteiger partial charge in [-0.05, 0) is 38.5 Å². The molecule has 0 aromatic heterocycles. The van der Waals surface area contributed by atoms with Crippen molar-refractivity contribution in [3.8, 4) is 0 Å². The van der Waals surface area contributed by atoms with Crippen molar-refractivity contribution < 1.29 is 20.1 Å². The first kappa shape index (κ1) is 51.1. The third kappa shape index (κ3) is 37.4. The molecule has 5 heteroatoms. The highest BCUT2D eigenvalue weighted by molar-refractivity contribution is 5.76. The van der Waals surface area contributed by atoms with E-state index in [1.54, 1.807) is 0 Å². The van der Waals surface area contributed by atoms with Crippen molar-refractivity contribution in [2.75, 3.05) is 6.61 Å². The van der Waals surface area contributed by atoms with Gasteiger partial charge in [0, 0.05) is 6.42 Å². The molecule has 0 fully saturated rings. The number of amides is 1. The van der Waals surface area contributed by atoms with Gasteiger partial charge in [-0.15, -0.1) is 0 Å². The summed E-state index contributed by atoms with van der Waals surface area (Å²) in [5.74, 6) is -0.143. The number of allylic oxidation sites excluding steroid dienone is 2. The van der Waals surface area contributed by atoms with Crippen LogP contribution in [0.5, 0.6) is 0 Å². The van der Waals surface area contributed by atoms with Crippen LogP contribution in [0.25, 0.3) is 0 Å². The molecule has 52 heavy (non-hydrogen) atoms. The SMILES string of the molecule is CCCCCCCCCCCCCC/C=C\CCCCCCCCCCCCCC(=O)NC(CO)C(O)C(O)CCCCCCCCCCCCC. The second-order valence-corrected chi connectivity index (χ2v) is 16.3. The highest BCUT2D eigenvalue weighted by Gasteiger charge is 2.26. The quantitative estimate of drug-likeness (QED) is 0.0371. The molecule has 3 atom stereocenters. The van der Waals surface area contributed by atoms with Crippen LogP contribution >= 0.6 is 0 Å². The van der Waals surface area contributed by atoms with Crippen LogP contribution in [0, 0.1) is 0 Å². The molecule has 0 aliphatic carbocycles. The first-order chi connectivity index (χ1) is 25.6. The van der Waals surface area contributed by atoms with E-state index in [0.29, 0.717) is 12.8 Å². The van der Waals surface area contributed by atoms with Crippen LogP contribution < -0.4 is 5.32 Å². The molecule has 0 bridgehead atoms. The molecule has 0 aliphatic rings. The van der Waals surface area contributed by atoms with E-state index in [9.17, 15) is 20.1 Å². The summed E-state index contributed by atoms with van der Waals surface area (Å²) in [7, 11) is 0. The van der Waals surface area contributed by atoms with Crippen molar-refractivity contribution in [3.63, 3.8) is 0 Å². The lowest BCUT2D eigenvalue weighted by Crippen LogP contribution is -2.50. The van der Waals surface area contributed by atoms with E-state index in [-0.39, 0.29) is 12.5 Å². The van der Waals surface area contributed by atoms with Crippen molar-refractivity contribution in [3.05, 3.63) is 12.2 Å². The van der Waals surface area contributed by atoms with E-state index in [1.165, 1.54) is 193 Å². The average molecular weight is 736 g/mol. The van der Waals surface area contributed by atoms with Crippen molar-refractivity contribution in [2.24, 2.45) is 0 Å². The minimum atomic E-state index is -1.13. The smallest absolute Gasteiger partial charge is 0.220 e. The monoisotopic (exact) mass is 736 g/mol. The van der Waals surface area contributed by atoms with Crippen molar-refractivity contribution >= 4 is 5.91 Å². The largest absolute Gasteiger partial charge is 0.394 e. The van der Waals surface area contributed by atoms with Crippen LogP contribution in [-0.2, 0) is 4.79 Å². The predicted octanol–water partition coefficient (Wildman–Crippen LogP) is 13.6. The van der Waals surface area contributed by atoms with Gasteiger partial charge in [-0.1, -0.05) is 225 Å². The molecule has 310 valence electrons. The number of rotatable bonds is 43. The Hall–Kier alpha value is -0.910. The molecule has 0 rings (SSSR count). The summed E-state index contributed by atoms with van der Waals surface area (Å²) in [5.41, 5.74) is 0. The molecule has 0 spiro atoms. The van der Waals surface area contributed by atoms with E-state index >= 15 is 0 Å². The van der Waals surface area contributed by atoms with E-state index in [1.807, 2.05) is 0 Å². The molecular formula is C47H93NO4. The van der Waals surface area contributed by atoms with E-state index in [0.717, 1.165) is 38.5 Å². The summed E-state index contributed by atoms with van der Waals surface area (Å²) in [4.78, 5) is 12.4. The first-order valence-corrected chi connectivity index (χ1v) is 23.5. The maximum atomic E-state index is 12.4. The number of hydrogen-bond acceptors (Lipinski definition) is 4. The Labute approximate surface area is 325 Å². The minimum absolute atomic E-state index is 0.143. The molecule has 0 aromatic carbocycles. The Morgan fingerprint density at radius 3 is 1.12 bits per heavy atom.